The summed E-state index contributed by atoms with van der Waals surface area (Å²) >= 11 is 0. The molecule has 0 unspecified atom stereocenters. The Morgan fingerprint density at radius 2 is 1.90 bits per heavy atom. The van der Waals surface area contributed by atoms with E-state index in [4.69, 9.17) is 5.73 Å². The molecule has 116 valence electrons. The van der Waals surface area contributed by atoms with Gasteiger partial charge in [-0.3, -0.25) is 9.69 Å². The number of amides is 1. The zero-order chi connectivity index (χ0) is 14.6. The number of nitrogens with two attached hydrogens (primary N) is 1. The van der Waals surface area contributed by atoms with E-state index in [0.29, 0.717) is 12.5 Å². The first kappa shape index (κ1) is 15.7. The summed E-state index contributed by atoms with van der Waals surface area (Å²) in [6.45, 7) is 4.52. The summed E-state index contributed by atoms with van der Waals surface area (Å²) in [4.78, 5) is 14.4. The minimum atomic E-state index is -0.379. The van der Waals surface area contributed by atoms with Crippen LogP contribution < -0.4 is 11.1 Å². The van der Waals surface area contributed by atoms with Gasteiger partial charge in [0.1, 0.15) is 0 Å². The lowest BCUT2D eigenvalue weighted by Gasteiger charge is -2.39. The minimum absolute atomic E-state index is 0.0454. The van der Waals surface area contributed by atoms with E-state index in [-0.39, 0.29) is 24.1 Å². The van der Waals surface area contributed by atoms with Crippen LogP contribution in [0.5, 0.6) is 0 Å². The van der Waals surface area contributed by atoms with Crippen molar-refractivity contribution in [2.24, 2.45) is 11.7 Å². The van der Waals surface area contributed by atoms with Gasteiger partial charge >= 0.3 is 0 Å². The monoisotopic (exact) mass is 283 g/mol. The number of carbonyl (C=O) groups excluding carboxylic acids is 1. The first-order valence-corrected chi connectivity index (χ1v) is 7.93. The SMILES string of the molecule is CC1CCC(CO)(NC(=O)CN2CCC(N)CC2)CC1. The molecule has 20 heavy (non-hydrogen) atoms. The molecule has 1 heterocycles. The van der Waals surface area contributed by atoms with E-state index in [1.54, 1.807) is 0 Å². The Balaban J connectivity index is 1.80. The number of rotatable bonds is 4. The van der Waals surface area contributed by atoms with E-state index in [1.807, 2.05) is 0 Å². The van der Waals surface area contributed by atoms with Crippen LogP contribution in [0.25, 0.3) is 0 Å². The largest absolute Gasteiger partial charge is 0.394 e. The molecule has 0 aromatic rings. The molecule has 2 fully saturated rings. The summed E-state index contributed by atoms with van der Waals surface area (Å²) in [5, 5.41) is 12.8. The molecule has 2 rings (SSSR count). The van der Waals surface area contributed by atoms with E-state index < -0.39 is 0 Å². The molecule has 0 atom stereocenters. The van der Waals surface area contributed by atoms with Crippen LogP contribution in [0.1, 0.15) is 45.4 Å². The third-order valence-corrected chi connectivity index (χ3v) is 4.94. The summed E-state index contributed by atoms with van der Waals surface area (Å²) in [5.41, 5.74) is 5.49. The molecule has 0 bridgehead atoms. The smallest absolute Gasteiger partial charge is 0.234 e. The number of nitrogens with one attached hydrogen (secondary N) is 1. The number of nitrogens with zero attached hydrogens (tertiary/aromatic N) is 1. The fraction of sp³-hybridized carbons (Fsp3) is 0.933. The fourth-order valence-electron chi connectivity index (χ4n) is 3.29. The predicted octanol–water partition coefficient (Wildman–Crippen LogP) is 0.467. The van der Waals surface area contributed by atoms with Gasteiger partial charge in [0, 0.05) is 19.1 Å². The molecule has 5 heteroatoms. The van der Waals surface area contributed by atoms with Gasteiger partial charge < -0.3 is 16.2 Å². The quantitative estimate of drug-likeness (QED) is 0.701. The first-order chi connectivity index (χ1) is 9.53. The van der Waals surface area contributed by atoms with Crippen molar-refractivity contribution < 1.29 is 9.90 Å². The van der Waals surface area contributed by atoms with Gasteiger partial charge in [-0.15, -0.1) is 0 Å². The minimum Gasteiger partial charge on any atom is -0.394 e. The third-order valence-electron chi connectivity index (χ3n) is 4.94. The van der Waals surface area contributed by atoms with E-state index >= 15 is 0 Å². The van der Waals surface area contributed by atoms with Crippen LogP contribution >= 0.6 is 0 Å². The fourth-order valence-corrected chi connectivity index (χ4v) is 3.29. The van der Waals surface area contributed by atoms with Gasteiger partial charge in [0.2, 0.25) is 5.91 Å². The second kappa shape index (κ2) is 6.87. The second-order valence-corrected chi connectivity index (χ2v) is 6.78. The van der Waals surface area contributed by atoms with Crippen molar-refractivity contribution in [2.75, 3.05) is 26.2 Å². The van der Waals surface area contributed by atoms with Gasteiger partial charge in [-0.25, -0.2) is 0 Å². The van der Waals surface area contributed by atoms with E-state index in [1.165, 1.54) is 0 Å². The highest BCUT2D eigenvalue weighted by molar-refractivity contribution is 5.79. The Hall–Kier alpha value is -0.650. The van der Waals surface area contributed by atoms with Crippen LogP contribution in [0, 0.1) is 5.92 Å². The Morgan fingerprint density at radius 1 is 1.30 bits per heavy atom. The van der Waals surface area contributed by atoms with Gasteiger partial charge in [0.05, 0.1) is 18.7 Å². The maximum Gasteiger partial charge on any atom is 0.234 e. The Labute approximate surface area is 121 Å². The molecule has 0 spiro atoms. The molecule has 0 aromatic heterocycles. The Bertz CT molecular complexity index is 319. The zero-order valence-corrected chi connectivity index (χ0v) is 12.6. The van der Waals surface area contributed by atoms with E-state index in [9.17, 15) is 9.90 Å². The maximum absolute atomic E-state index is 12.2. The van der Waals surface area contributed by atoms with Gasteiger partial charge in [-0.05, 0) is 44.4 Å². The lowest BCUT2D eigenvalue weighted by Crippen LogP contribution is -2.56. The number of carbonyl (C=O) groups is 1. The third kappa shape index (κ3) is 4.17. The van der Waals surface area contributed by atoms with Crippen LogP contribution in [-0.4, -0.2) is 53.7 Å². The van der Waals surface area contributed by atoms with Gasteiger partial charge in [-0.2, -0.15) is 0 Å². The summed E-state index contributed by atoms with van der Waals surface area (Å²) in [5.74, 6) is 0.749. The van der Waals surface area contributed by atoms with Gasteiger partial charge in [-0.1, -0.05) is 6.92 Å². The number of hydrogen-bond donors (Lipinski definition) is 3. The number of likely N-dealkylation sites (tertiary alicyclic amines) is 1. The van der Waals surface area contributed by atoms with Gasteiger partial charge in [0.25, 0.3) is 0 Å². The maximum atomic E-state index is 12.2. The number of piperidine rings is 1. The number of aliphatic hydroxyl groups is 1. The lowest BCUT2D eigenvalue weighted by atomic mass is 9.77. The van der Waals surface area contributed by atoms with Gasteiger partial charge in [0.15, 0.2) is 0 Å². The first-order valence-electron chi connectivity index (χ1n) is 7.93. The van der Waals surface area contributed by atoms with Crippen molar-refractivity contribution in [3.05, 3.63) is 0 Å². The topological polar surface area (TPSA) is 78.6 Å². The van der Waals surface area contributed by atoms with E-state index in [2.05, 4.69) is 17.1 Å². The normalized spacial score (nSPS) is 33.0. The van der Waals surface area contributed by atoms with Crippen LogP contribution in [0.3, 0.4) is 0 Å². The molecule has 5 nitrogen and oxygen atoms in total. The van der Waals surface area contributed by atoms with Crippen LogP contribution in [0.15, 0.2) is 0 Å². The van der Waals surface area contributed by atoms with Crippen LogP contribution in [0.4, 0.5) is 0 Å². The average Bonchev–Trinajstić information content (AvgIpc) is 2.44. The van der Waals surface area contributed by atoms with Crippen molar-refractivity contribution in [3.63, 3.8) is 0 Å². The highest BCUT2D eigenvalue weighted by Gasteiger charge is 2.35. The lowest BCUT2D eigenvalue weighted by molar-refractivity contribution is -0.125. The van der Waals surface area contributed by atoms with Crippen molar-refractivity contribution >= 4 is 5.91 Å². The second-order valence-electron chi connectivity index (χ2n) is 6.78. The van der Waals surface area contributed by atoms with Crippen molar-refractivity contribution in [3.8, 4) is 0 Å². The van der Waals surface area contributed by atoms with Crippen LogP contribution in [-0.2, 0) is 4.79 Å². The highest BCUT2D eigenvalue weighted by atomic mass is 16.3. The molecule has 2 aliphatic rings. The van der Waals surface area contributed by atoms with E-state index in [0.717, 1.165) is 51.6 Å². The molecular formula is C15H29N3O2. The molecular weight excluding hydrogens is 254 g/mol. The summed E-state index contributed by atoms with van der Waals surface area (Å²) in [6.07, 6.45) is 5.88. The standard InChI is InChI=1S/C15H29N3O2/c1-12-2-6-15(11-19,7-3-12)17-14(20)10-18-8-4-13(16)5-9-18/h12-13,19H,2-11,16H2,1H3,(H,17,20). The molecule has 1 saturated carbocycles. The molecule has 1 amide bonds. The molecule has 0 aromatic carbocycles. The molecule has 1 aliphatic carbocycles. The molecule has 4 N–H and O–H groups in total. The summed E-state index contributed by atoms with van der Waals surface area (Å²) in [6, 6.07) is 0.290. The summed E-state index contributed by atoms with van der Waals surface area (Å²) in [7, 11) is 0. The Morgan fingerprint density at radius 3 is 2.45 bits per heavy atom. The zero-order valence-electron chi connectivity index (χ0n) is 12.6. The average molecular weight is 283 g/mol. The molecule has 1 aliphatic heterocycles. The Kier molecular flexibility index (Phi) is 5.41. The van der Waals surface area contributed by atoms with Crippen molar-refractivity contribution in [1.29, 1.82) is 0 Å². The highest BCUT2D eigenvalue weighted by Crippen LogP contribution is 2.31. The molecule has 1 saturated heterocycles. The van der Waals surface area contributed by atoms with Crippen LogP contribution in [0.2, 0.25) is 0 Å². The molecule has 0 radical (unpaired) electrons. The number of hydrogen-bond acceptors (Lipinski definition) is 4. The number of aliphatic hydroxyl groups excluding tert-OH is 1. The summed E-state index contributed by atoms with van der Waals surface area (Å²) < 4.78 is 0. The predicted molar refractivity (Wildman–Crippen MR) is 79.2 cm³/mol. The van der Waals surface area contributed by atoms with Crippen molar-refractivity contribution in [1.82, 2.24) is 10.2 Å². The van der Waals surface area contributed by atoms with Crippen molar-refractivity contribution in [2.45, 2.75) is 57.0 Å².